The molecule has 2 aromatic rings. The van der Waals surface area contributed by atoms with Crippen LogP contribution >= 0.6 is 0 Å². The highest BCUT2D eigenvalue weighted by Crippen LogP contribution is 2.52. The molecule has 134 valence electrons. The first kappa shape index (κ1) is 15.8. The topological polar surface area (TPSA) is 33.7 Å². The first-order chi connectivity index (χ1) is 12.8. The lowest BCUT2D eigenvalue weighted by atomic mass is 9.87. The van der Waals surface area contributed by atoms with E-state index < -0.39 is 0 Å². The maximum atomic E-state index is 6.69. The number of ether oxygens (including phenoxy) is 2. The summed E-state index contributed by atoms with van der Waals surface area (Å²) >= 11 is 0. The van der Waals surface area contributed by atoms with Crippen LogP contribution in [0.15, 0.2) is 54.6 Å². The zero-order valence-electron chi connectivity index (χ0n) is 15.1. The molecule has 4 nitrogen and oxygen atoms in total. The van der Waals surface area contributed by atoms with Crippen LogP contribution in [0, 0.1) is 0 Å². The number of rotatable bonds is 2. The van der Waals surface area contributed by atoms with Crippen LogP contribution in [0.4, 0.5) is 0 Å². The monoisotopic (exact) mass is 348 g/mol. The number of hydrogen-bond donors (Lipinski definition) is 1. The van der Waals surface area contributed by atoms with Crippen molar-refractivity contribution in [3.8, 4) is 11.5 Å². The highest BCUT2D eigenvalue weighted by Gasteiger charge is 2.51. The minimum Gasteiger partial charge on any atom is -0.493 e. The van der Waals surface area contributed by atoms with E-state index in [0.29, 0.717) is 0 Å². The predicted octanol–water partition coefficient (Wildman–Crippen LogP) is 4.65. The zero-order chi connectivity index (χ0) is 17.6. The molecule has 3 aliphatic rings. The van der Waals surface area contributed by atoms with E-state index in [1.165, 1.54) is 30.4 Å². The van der Waals surface area contributed by atoms with E-state index in [4.69, 9.17) is 9.47 Å². The molecule has 0 radical (unpaired) electrons. The molecule has 2 aliphatic heterocycles. The summed E-state index contributed by atoms with van der Waals surface area (Å²) in [5.74, 6) is 1.74. The number of hydrogen-bond acceptors (Lipinski definition) is 4. The standard InChI is InChI=1S/C22H24N2O2/c1-25-20-12-8-11-17-19-15-18(16-9-4-2-5-10-16)23-24(19)22(26-21(17)20)13-6-3-7-14-22/h2,4-5,8-12,15,19,23H,3,6-7,13-14H2,1H3. The van der Waals surface area contributed by atoms with Gasteiger partial charge in [-0.25, -0.2) is 0 Å². The second-order valence-corrected chi connectivity index (χ2v) is 7.36. The minimum atomic E-state index is -0.308. The van der Waals surface area contributed by atoms with E-state index in [-0.39, 0.29) is 11.8 Å². The summed E-state index contributed by atoms with van der Waals surface area (Å²) in [5.41, 5.74) is 6.89. The maximum Gasteiger partial charge on any atom is 0.180 e. The summed E-state index contributed by atoms with van der Waals surface area (Å²) in [6.07, 6.45) is 8.05. The average molecular weight is 348 g/mol. The van der Waals surface area contributed by atoms with Crippen LogP contribution in [0.1, 0.15) is 49.3 Å². The van der Waals surface area contributed by atoms with Gasteiger partial charge in [0.15, 0.2) is 17.2 Å². The van der Waals surface area contributed by atoms with Crippen LogP contribution in [0.3, 0.4) is 0 Å². The summed E-state index contributed by atoms with van der Waals surface area (Å²) in [7, 11) is 1.72. The molecule has 2 heterocycles. The van der Waals surface area contributed by atoms with Crippen LogP contribution in [-0.2, 0) is 0 Å². The quantitative estimate of drug-likeness (QED) is 0.856. The number of nitrogens with one attached hydrogen (secondary N) is 1. The van der Waals surface area contributed by atoms with Crippen molar-refractivity contribution in [1.82, 2.24) is 10.4 Å². The van der Waals surface area contributed by atoms with E-state index in [1.807, 2.05) is 12.1 Å². The van der Waals surface area contributed by atoms with Crippen molar-refractivity contribution in [2.45, 2.75) is 43.9 Å². The van der Waals surface area contributed by atoms with Crippen molar-refractivity contribution in [3.63, 3.8) is 0 Å². The average Bonchev–Trinajstić information content (AvgIpc) is 3.16. The smallest absolute Gasteiger partial charge is 0.180 e. The van der Waals surface area contributed by atoms with Crippen LogP contribution in [-0.4, -0.2) is 17.8 Å². The van der Waals surface area contributed by atoms with Gasteiger partial charge in [0.1, 0.15) is 0 Å². The van der Waals surface area contributed by atoms with E-state index >= 15 is 0 Å². The summed E-state index contributed by atoms with van der Waals surface area (Å²) < 4.78 is 12.3. The molecule has 4 heteroatoms. The van der Waals surface area contributed by atoms with Crippen molar-refractivity contribution in [2.75, 3.05) is 7.11 Å². The number of fused-ring (bicyclic) bond motifs is 4. The van der Waals surface area contributed by atoms with Crippen molar-refractivity contribution in [1.29, 1.82) is 0 Å². The van der Waals surface area contributed by atoms with Crippen LogP contribution in [0.5, 0.6) is 11.5 Å². The molecule has 26 heavy (non-hydrogen) atoms. The molecular formula is C22H24N2O2. The van der Waals surface area contributed by atoms with Gasteiger partial charge in [-0.05, 0) is 30.5 Å². The van der Waals surface area contributed by atoms with Crippen molar-refractivity contribution in [2.24, 2.45) is 0 Å². The van der Waals surface area contributed by atoms with Gasteiger partial charge in [-0.2, -0.15) is 5.01 Å². The Morgan fingerprint density at radius 1 is 1.04 bits per heavy atom. The van der Waals surface area contributed by atoms with Gasteiger partial charge in [0.25, 0.3) is 0 Å². The van der Waals surface area contributed by atoms with Crippen molar-refractivity contribution >= 4 is 5.70 Å². The summed E-state index contributed by atoms with van der Waals surface area (Å²) in [5, 5.41) is 2.34. The van der Waals surface area contributed by atoms with Gasteiger partial charge in [0.05, 0.1) is 18.8 Å². The first-order valence-corrected chi connectivity index (χ1v) is 9.50. The molecule has 1 atom stereocenters. The van der Waals surface area contributed by atoms with Gasteiger partial charge >= 0.3 is 0 Å². The number of para-hydroxylation sites is 1. The van der Waals surface area contributed by atoms with Crippen LogP contribution in [0.25, 0.3) is 5.70 Å². The Labute approximate surface area is 154 Å². The molecule has 2 aromatic carbocycles. The van der Waals surface area contributed by atoms with Crippen molar-refractivity contribution < 1.29 is 9.47 Å². The van der Waals surface area contributed by atoms with Crippen LogP contribution < -0.4 is 14.9 Å². The molecule has 1 saturated carbocycles. The fourth-order valence-corrected chi connectivity index (χ4v) is 4.55. The molecule has 0 saturated heterocycles. The summed E-state index contributed by atoms with van der Waals surface area (Å²) in [6, 6.07) is 16.9. The number of benzene rings is 2. The van der Waals surface area contributed by atoms with E-state index in [1.54, 1.807) is 7.11 Å². The zero-order valence-corrected chi connectivity index (χ0v) is 15.1. The molecule has 0 bridgehead atoms. The Bertz CT molecular complexity index is 840. The SMILES string of the molecule is COc1cccc2c1OC1(CCCCC1)N1NC(c3ccccc3)=CC21. The highest BCUT2D eigenvalue weighted by atomic mass is 16.5. The Hall–Kier alpha value is -2.46. The van der Waals surface area contributed by atoms with Gasteiger partial charge in [-0.1, -0.05) is 48.9 Å². The van der Waals surface area contributed by atoms with Gasteiger partial charge in [0, 0.05) is 18.4 Å². The number of nitrogens with zero attached hydrogens (tertiary/aromatic N) is 1. The normalized spacial score (nSPS) is 23.4. The van der Waals surface area contributed by atoms with Gasteiger partial charge in [-0.3, -0.25) is 0 Å². The first-order valence-electron chi connectivity index (χ1n) is 9.50. The second kappa shape index (κ2) is 6.06. The molecule has 5 rings (SSSR count). The maximum absolute atomic E-state index is 6.69. The molecule has 1 unspecified atom stereocenters. The molecule has 1 N–H and O–H groups in total. The molecule has 1 aliphatic carbocycles. The molecule has 0 amide bonds. The Balaban J connectivity index is 1.63. The molecular weight excluding hydrogens is 324 g/mol. The minimum absolute atomic E-state index is 0.155. The Morgan fingerprint density at radius 2 is 1.85 bits per heavy atom. The predicted molar refractivity (Wildman–Crippen MR) is 102 cm³/mol. The number of methoxy groups -OCH3 is 1. The fourth-order valence-electron chi connectivity index (χ4n) is 4.55. The largest absolute Gasteiger partial charge is 0.493 e. The van der Waals surface area contributed by atoms with E-state index in [9.17, 15) is 0 Å². The Morgan fingerprint density at radius 3 is 2.62 bits per heavy atom. The van der Waals surface area contributed by atoms with Gasteiger partial charge in [-0.15, -0.1) is 0 Å². The molecule has 1 fully saturated rings. The Kier molecular flexibility index (Phi) is 3.68. The summed E-state index contributed by atoms with van der Waals surface area (Å²) in [6.45, 7) is 0. The third kappa shape index (κ3) is 2.32. The van der Waals surface area contributed by atoms with Crippen LogP contribution in [0.2, 0.25) is 0 Å². The lowest BCUT2D eigenvalue weighted by molar-refractivity contribution is -0.151. The van der Waals surface area contributed by atoms with E-state index in [0.717, 1.165) is 30.0 Å². The third-order valence-electron chi connectivity index (χ3n) is 5.84. The van der Waals surface area contributed by atoms with Gasteiger partial charge in [0.2, 0.25) is 0 Å². The van der Waals surface area contributed by atoms with E-state index in [2.05, 4.69) is 52.9 Å². The lowest BCUT2D eigenvalue weighted by Gasteiger charge is -2.50. The van der Waals surface area contributed by atoms with Crippen molar-refractivity contribution in [3.05, 3.63) is 65.7 Å². The highest BCUT2D eigenvalue weighted by molar-refractivity contribution is 5.68. The molecule has 0 aromatic heterocycles. The van der Waals surface area contributed by atoms with Gasteiger partial charge < -0.3 is 14.9 Å². The molecule has 1 spiro atoms. The third-order valence-corrected chi connectivity index (χ3v) is 5.84. The lowest BCUT2D eigenvalue weighted by Crippen LogP contribution is -2.60. The summed E-state index contributed by atoms with van der Waals surface area (Å²) in [4.78, 5) is 0. The number of hydrazine groups is 1. The fraction of sp³-hybridized carbons (Fsp3) is 0.364. The second-order valence-electron chi connectivity index (χ2n) is 7.36.